The maximum Gasteiger partial charge on any atom is 0.141 e. The van der Waals surface area contributed by atoms with E-state index in [-0.39, 0.29) is 0 Å². The second kappa shape index (κ2) is 19.0. The fourth-order valence-electron chi connectivity index (χ4n) is 9.23. The number of fused-ring (bicyclic) bond motifs is 4. The molecule has 2 aromatic heterocycles. The van der Waals surface area contributed by atoms with E-state index < -0.39 is 0 Å². The van der Waals surface area contributed by atoms with Crippen LogP contribution in [0.15, 0.2) is 285 Å². The minimum absolute atomic E-state index is 0.786. The molecule has 0 unspecified atom stereocenters. The highest BCUT2D eigenvalue weighted by Crippen LogP contribution is 2.38. The number of hydrogen-bond acceptors (Lipinski definition) is 2. The van der Waals surface area contributed by atoms with Gasteiger partial charge in [0.1, 0.15) is 5.58 Å². The number of anilines is 3. The van der Waals surface area contributed by atoms with Gasteiger partial charge in [-0.25, -0.2) is 0 Å². The topological polar surface area (TPSA) is 21.3 Å². The number of para-hydroxylation sites is 3. The van der Waals surface area contributed by atoms with E-state index in [0.717, 1.165) is 67.1 Å². The van der Waals surface area contributed by atoms with Crippen LogP contribution in [0.5, 0.6) is 0 Å². The smallest absolute Gasteiger partial charge is 0.141 e. The van der Waals surface area contributed by atoms with E-state index in [1.54, 1.807) is 6.26 Å². The first-order valence-electron chi connectivity index (χ1n) is 23.3. The summed E-state index contributed by atoms with van der Waals surface area (Å²) in [6.45, 7) is 8.92. The monoisotopic (exact) mass is 884 g/mol. The van der Waals surface area contributed by atoms with Crippen LogP contribution in [0.4, 0.5) is 17.1 Å². The molecule has 0 saturated heterocycles. The SMILES string of the molecule is C=C(/C=C\C(=C)c1ccccc2cccc(-c3ccc(-n4c5ccccc5c5ccccc54)cc3)c2oc1)c1ccc(N(c2ccc(-c3ccccc3)cc2)c2ccc(-c3ccccc3)cc2)cc1. The summed E-state index contributed by atoms with van der Waals surface area (Å²) >= 11 is 0. The van der Waals surface area contributed by atoms with Crippen molar-refractivity contribution in [2.45, 2.75) is 0 Å². The van der Waals surface area contributed by atoms with Gasteiger partial charge in [-0.1, -0.05) is 213 Å². The van der Waals surface area contributed by atoms with Crippen molar-refractivity contribution < 1.29 is 4.42 Å². The average molecular weight is 885 g/mol. The quantitative estimate of drug-likeness (QED) is 0.121. The Morgan fingerprint density at radius 2 is 0.812 bits per heavy atom. The fraction of sp³-hybridized carbons (Fsp3) is 0. The molecule has 0 bridgehead atoms. The van der Waals surface area contributed by atoms with Crippen molar-refractivity contribution >= 4 is 61.0 Å². The summed E-state index contributed by atoms with van der Waals surface area (Å²) < 4.78 is 8.95. The van der Waals surface area contributed by atoms with Gasteiger partial charge in [-0.3, -0.25) is 0 Å². The van der Waals surface area contributed by atoms with Crippen LogP contribution in [0.2, 0.25) is 0 Å². The highest BCUT2D eigenvalue weighted by molar-refractivity contribution is 6.09. The molecule has 69 heavy (non-hydrogen) atoms. The van der Waals surface area contributed by atoms with Crippen LogP contribution in [0.1, 0.15) is 11.1 Å². The Labute approximate surface area is 403 Å². The zero-order chi connectivity index (χ0) is 46.5. The van der Waals surface area contributed by atoms with Gasteiger partial charge in [0.2, 0.25) is 0 Å². The number of nitrogens with zero attached hydrogens (tertiary/aromatic N) is 2. The van der Waals surface area contributed by atoms with Gasteiger partial charge in [-0.05, 0) is 105 Å². The minimum Gasteiger partial charge on any atom is -0.463 e. The van der Waals surface area contributed by atoms with Crippen molar-refractivity contribution in [1.29, 1.82) is 0 Å². The molecule has 0 aliphatic heterocycles. The molecule has 3 heteroatoms. The summed E-state index contributed by atoms with van der Waals surface area (Å²) in [6.07, 6.45) is 5.83. The summed E-state index contributed by atoms with van der Waals surface area (Å²) in [6, 6.07) is 87.5. The molecule has 0 N–H and O–H groups in total. The van der Waals surface area contributed by atoms with Crippen LogP contribution in [-0.4, -0.2) is 4.57 Å². The molecule has 0 atom stereocenters. The lowest BCUT2D eigenvalue weighted by molar-refractivity contribution is 0.606. The van der Waals surface area contributed by atoms with Gasteiger partial charge in [-0.15, -0.1) is 0 Å². The molecule has 11 rings (SSSR count). The van der Waals surface area contributed by atoms with E-state index in [9.17, 15) is 0 Å². The number of allylic oxidation sites excluding steroid dienone is 4. The first kappa shape index (κ1) is 42.5. The molecular formula is C66H48N2O. The third kappa shape index (κ3) is 8.69. The maximum absolute atomic E-state index is 6.61. The van der Waals surface area contributed by atoms with E-state index in [2.05, 4.69) is 241 Å². The van der Waals surface area contributed by atoms with Gasteiger partial charge in [-0.2, -0.15) is 0 Å². The number of rotatable bonds is 11. The van der Waals surface area contributed by atoms with Crippen LogP contribution in [0.3, 0.4) is 0 Å². The van der Waals surface area contributed by atoms with Crippen molar-refractivity contribution in [2.75, 3.05) is 4.90 Å². The van der Waals surface area contributed by atoms with E-state index in [0.29, 0.717) is 0 Å². The molecule has 2 heterocycles. The molecule has 0 aliphatic rings. The Bertz CT molecular complexity index is 3570. The van der Waals surface area contributed by atoms with E-state index >= 15 is 0 Å². The van der Waals surface area contributed by atoms with Gasteiger partial charge >= 0.3 is 0 Å². The second-order valence-electron chi connectivity index (χ2n) is 17.1. The largest absolute Gasteiger partial charge is 0.463 e. The lowest BCUT2D eigenvalue weighted by atomic mass is 10.0. The molecule has 0 fully saturated rings. The number of benzene rings is 9. The second-order valence-corrected chi connectivity index (χ2v) is 17.1. The number of aromatic nitrogens is 1. The van der Waals surface area contributed by atoms with Crippen LogP contribution in [0.25, 0.3) is 83.0 Å². The van der Waals surface area contributed by atoms with Gasteiger partial charge in [0.15, 0.2) is 0 Å². The molecule has 11 aromatic rings. The predicted molar refractivity (Wildman–Crippen MR) is 293 cm³/mol. The van der Waals surface area contributed by atoms with Crippen LogP contribution in [0, 0.1) is 0 Å². The molecule has 0 aliphatic carbocycles. The van der Waals surface area contributed by atoms with Crippen molar-refractivity contribution in [2.24, 2.45) is 0 Å². The summed E-state index contributed by atoms with van der Waals surface area (Å²) in [5, 5.41) is 3.48. The highest BCUT2D eigenvalue weighted by Gasteiger charge is 2.15. The Balaban J connectivity index is 0.849. The van der Waals surface area contributed by atoms with E-state index in [1.807, 2.05) is 42.5 Å². The molecule has 9 aromatic carbocycles. The molecule has 0 saturated carbocycles. The Morgan fingerprint density at radius 3 is 1.38 bits per heavy atom. The van der Waals surface area contributed by atoms with Gasteiger partial charge in [0, 0.05) is 50.0 Å². The Morgan fingerprint density at radius 1 is 0.377 bits per heavy atom. The van der Waals surface area contributed by atoms with Gasteiger partial charge in [0.05, 0.1) is 17.3 Å². The van der Waals surface area contributed by atoms with E-state index in [4.69, 9.17) is 4.42 Å². The first-order chi connectivity index (χ1) is 34.1. The average Bonchev–Trinajstić information content (AvgIpc) is 3.80. The van der Waals surface area contributed by atoms with Gasteiger partial charge in [0.25, 0.3) is 0 Å². The summed E-state index contributed by atoms with van der Waals surface area (Å²) in [5.41, 5.74) is 17.8. The van der Waals surface area contributed by atoms with Crippen LogP contribution in [-0.2, 0) is 0 Å². The minimum atomic E-state index is 0.786. The van der Waals surface area contributed by atoms with Crippen LogP contribution < -0.4 is 4.90 Å². The number of hydrogen-bond donors (Lipinski definition) is 0. The fourth-order valence-corrected chi connectivity index (χ4v) is 9.23. The predicted octanol–water partition coefficient (Wildman–Crippen LogP) is 18.4. The molecule has 0 spiro atoms. The maximum atomic E-state index is 6.61. The molecule has 0 radical (unpaired) electrons. The van der Waals surface area contributed by atoms with Gasteiger partial charge < -0.3 is 13.9 Å². The lowest BCUT2D eigenvalue weighted by Gasteiger charge is -2.26. The lowest BCUT2D eigenvalue weighted by Crippen LogP contribution is -2.09. The summed E-state index contributed by atoms with van der Waals surface area (Å²) in [4.78, 5) is 2.30. The molecule has 3 nitrogen and oxygen atoms in total. The Kier molecular flexibility index (Phi) is 11.7. The summed E-state index contributed by atoms with van der Waals surface area (Å²) in [7, 11) is 0. The third-order valence-electron chi connectivity index (χ3n) is 12.8. The van der Waals surface area contributed by atoms with E-state index in [1.165, 1.54) is 44.1 Å². The zero-order valence-electron chi connectivity index (χ0n) is 38.1. The molecule has 0 amide bonds. The summed E-state index contributed by atoms with van der Waals surface area (Å²) in [5.74, 6) is 0. The molecular weight excluding hydrogens is 837 g/mol. The van der Waals surface area contributed by atoms with Crippen LogP contribution >= 0.6 is 0 Å². The van der Waals surface area contributed by atoms with Crippen molar-refractivity contribution in [3.8, 4) is 39.1 Å². The first-order valence-corrected chi connectivity index (χ1v) is 23.3. The Hall–Kier alpha value is -9.18. The normalized spacial score (nSPS) is 11.2. The van der Waals surface area contributed by atoms with Crippen molar-refractivity contribution in [3.63, 3.8) is 0 Å². The highest BCUT2D eigenvalue weighted by atomic mass is 16.3. The standard InChI is InChI=1S/C66H48N2O/c1-47(49-30-38-57(39-31-49)67(58-40-32-52(33-41-58)50-16-5-3-6-17-50)59-42-34-53(35-43-59)51-18-7-4-8-19-51)28-29-48(2)56-21-10-9-20-55-22-15-25-61(66(55)69-46-56)54-36-44-60(45-37-54)68-64-26-13-11-23-62(64)63-24-12-14-27-65(63)68/h3-46H,1-2H2/b20-9?,21-10?,29-28-,56-46?. The van der Waals surface area contributed by atoms with Crippen molar-refractivity contribution in [3.05, 3.63) is 291 Å². The molecule has 328 valence electrons. The third-order valence-corrected chi connectivity index (χ3v) is 12.8. The zero-order valence-corrected chi connectivity index (χ0v) is 38.1. The van der Waals surface area contributed by atoms with Crippen molar-refractivity contribution in [1.82, 2.24) is 4.57 Å².